The van der Waals surface area contributed by atoms with Crippen LogP contribution in [-0.4, -0.2) is 31.7 Å². The van der Waals surface area contributed by atoms with Crippen molar-refractivity contribution < 1.29 is 13.2 Å². The van der Waals surface area contributed by atoms with Crippen molar-refractivity contribution in [3.05, 3.63) is 52.7 Å². The van der Waals surface area contributed by atoms with E-state index in [0.29, 0.717) is 43.2 Å². The Bertz CT molecular complexity index is 856. The van der Waals surface area contributed by atoms with E-state index in [0.717, 1.165) is 0 Å². The average molecular weight is 421 g/mol. The van der Waals surface area contributed by atoms with Crippen molar-refractivity contribution >= 4 is 27.3 Å². The molecule has 0 unspecified atom stereocenters. The van der Waals surface area contributed by atoms with Gasteiger partial charge in [-0.25, -0.2) is 8.42 Å². The van der Waals surface area contributed by atoms with Crippen LogP contribution in [0.5, 0.6) is 0 Å². The Balaban J connectivity index is 1.53. The lowest BCUT2D eigenvalue weighted by atomic mass is 9.93. The van der Waals surface area contributed by atoms with Crippen LogP contribution < -0.4 is 5.32 Å². The first kappa shape index (κ1) is 21.0. The zero-order chi connectivity index (χ0) is 20.1. The molecule has 7 heteroatoms. The van der Waals surface area contributed by atoms with E-state index in [-0.39, 0.29) is 17.9 Å². The van der Waals surface area contributed by atoms with Crippen LogP contribution in [0, 0.1) is 11.8 Å². The second-order valence-electron chi connectivity index (χ2n) is 7.67. The molecule has 1 atom stereocenters. The molecule has 1 fully saturated rings. The van der Waals surface area contributed by atoms with E-state index in [1.54, 1.807) is 39.9 Å². The average Bonchev–Trinajstić information content (AvgIpc) is 3.21. The van der Waals surface area contributed by atoms with Gasteiger partial charge in [-0.3, -0.25) is 4.79 Å². The summed E-state index contributed by atoms with van der Waals surface area (Å²) in [7, 11) is -3.44. The maximum atomic E-state index is 12.7. The lowest BCUT2D eigenvalue weighted by Crippen LogP contribution is -2.40. The third-order valence-corrected chi connectivity index (χ3v) is 8.13. The topological polar surface area (TPSA) is 66.5 Å². The molecule has 0 radical (unpaired) electrons. The fourth-order valence-electron chi connectivity index (χ4n) is 3.62. The van der Waals surface area contributed by atoms with E-state index < -0.39 is 10.0 Å². The molecule has 2 aromatic rings. The van der Waals surface area contributed by atoms with Gasteiger partial charge < -0.3 is 5.32 Å². The summed E-state index contributed by atoms with van der Waals surface area (Å²) in [5.41, 5.74) is 0. The minimum atomic E-state index is -3.44. The van der Waals surface area contributed by atoms with Gasteiger partial charge in [-0.05, 0) is 48.3 Å². The highest BCUT2D eigenvalue weighted by Gasteiger charge is 2.30. The van der Waals surface area contributed by atoms with Gasteiger partial charge in [-0.2, -0.15) is 4.31 Å². The number of hydrogen-bond acceptors (Lipinski definition) is 4. The molecule has 1 aliphatic heterocycles. The fourth-order valence-corrected chi connectivity index (χ4v) is 6.06. The molecule has 1 aromatic carbocycles. The molecule has 0 saturated carbocycles. The molecule has 1 aliphatic rings. The third-order valence-electron chi connectivity index (χ3n) is 5.26. The number of carbonyl (C=O) groups is 1. The molecule has 2 heterocycles. The molecule has 152 valence electrons. The second kappa shape index (κ2) is 9.20. The lowest BCUT2D eigenvalue weighted by Gasteiger charge is -2.31. The van der Waals surface area contributed by atoms with Crippen LogP contribution in [-0.2, 0) is 14.8 Å². The molecular weight excluding hydrogens is 392 g/mol. The molecule has 3 rings (SSSR count). The molecular formula is C21H28N2O3S2. The van der Waals surface area contributed by atoms with Gasteiger partial charge in [0.15, 0.2) is 0 Å². The number of nitrogens with one attached hydrogen (secondary N) is 1. The normalized spacial score (nSPS) is 17.5. The molecule has 1 saturated heterocycles. The Labute approximate surface area is 171 Å². The Kier molecular flexibility index (Phi) is 6.91. The standard InChI is InChI=1S/C21H28N2O3S2/c1-16(2)21(19-9-6-14-27-19)22-20(24)15-17-10-12-23(13-11-17)28(25,26)18-7-4-3-5-8-18/h3-9,14,16-17,21H,10-13,15H2,1-2H3,(H,22,24)/t21-/m1/s1. The van der Waals surface area contributed by atoms with Crippen LogP contribution >= 0.6 is 11.3 Å². The number of amides is 1. The van der Waals surface area contributed by atoms with Crippen LogP contribution in [0.25, 0.3) is 0 Å². The van der Waals surface area contributed by atoms with Crippen molar-refractivity contribution in [3.63, 3.8) is 0 Å². The van der Waals surface area contributed by atoms with Crippen LogP contribution in [0.3, 0.4) is 0 Å². The Morgan fingerprint density at radius 2 is 1.82 bits per heavy atom. The first-order chi connectivity index (χ1) is 13.4. The highest BCUT2D eigenvalue weighted by molar-refractivity contribution is 7.89. The molecule has 0 spiro atoms. The van der Waals surface area contributed by atoms with Gasteiger partial charge in [0.1, 0.15) is 0 Å². The minimum Gasteiger partial charge on any atom is -0.348 e. The number of sulfonamides is 1. The first-order valence-electron chi connectivity index (χ1n) is 9.76. The minimum absolute atomic E-state index is 0.0334. The largest absolute Gasteiger partial charge is 0.348 e. The maximum Gasteiger partial charge on any atom is 0.243 e. The number of thiophene rings is 1. The number of carbonyl (C=O) groups excluding carboxylic acids is 1. The Hall–Kier alpha value is -1.70. The zero-order valence-electron chi connectivity index (χ0n) is 16.4. The zero-order valence-corrected chi connectivity index (χ0v) is 18.0. The number of nitrogens with zero attached hydrogens (tertiary/aromatic N) is 1. The van der Waals surface area contributed by atoms with Crippen molar-refractivity contribution in [2.45, 2.75) is 44.0 Å². The van der Waals surface area contributed by atoms with Crippen LogP contribution in [0.2, 0.25) is 0 Å². The summed E-state index contributed by atoms with van der Waals surface area (Å²) in [6.07, 6.45) is 1.88. The van der Waals surface area contributed by atoms with Crippen LogP contribution in [0.4, 0.5) is 0 Å². The summed E-state index contributed by atoms with van der Waals surface area (Å²) in [5.74, 6) is 0.593. The van der Waals surface area contributed by atoms with Gasteiger partial charge in [0.05, 0.1) is 10.9 Å². The second-order valence-corrected chi connectivity index (χ2v) is 10.6. The molecule has 28 heavy (non-hydrogen) atoms. The summed E-state index contributed by atoms with van der Waals surface area (Å²) in [6, 6.07) is 12.6. The quantitative estimate of drug-likeness (QED) is 0.735. The van der Waals surface area contributed by atoms with E-state index in [4.69, 9.17) is 0 Å². The van der Waals surface area contributed by atoms with E-state index in [2.05, 4.69) is 25.2 Å². The van der Waals surface area contributed by atoms with Crippen LogP contribution in [0.15, 0.2) is 52.7 Å². The van der Waals surface area contributed by atoms with Crippen molar-refractivity contribution in [1.29, 1.82) is 0 Å². The Morgan fingerprint density at radius 3 is 2.39 bits per heavy atom. The smallest absolute Gasteiger partial charge is 0.243 e. The van der Waals surface area contributed by atoms with E-state index in [1.165, 1.54) is 4.88 Å². The predicted octanol–water partition coefficient (Wildman–Crippen LogP) is 4.05. The molecule has 0 bridgehead atoms. The van der Waals surface area contributed by atoms with E-state index in [9.17, 15) is 13.2 Å². The summed E-state index contributed by atoms with van der Waals surface area (Å²) >= 11 is 1.66. The summed E-state index contributed by atoms with van der Waals surface area (Å²) < 4.78 is 27.0. The fraction of sp³-hybridized carbons (Fsp3) is 0.476. The predicted molar refractivity (Wildman–Crippen MR) is 113 cm³/mol. The van der Waals surface area contributed by atoms with Crippen molar-refractivity contribution in [3.8, 4) is 0 Å². The third kappa shape index (κ3) is 5.01. The molecule has 1 aromatic heterocycles. The van der Waals surface area contributed by atoms with Crippen molar-refractivity contribution in [2.75, 3.05) is 13.1 Å². The molecule has 0 aliphatic carbocycles. The van der Waals surface area contributed by atoms with Gasteiger partial charge in [0.2, 0.25) is 15.9 Å². The van der Waals surface area contributed by atoms with Crippen LogP contribution in [0.1, 0.15) is 44.0 Å². The number of piperidine rings is 1. The van der Waals surface area contributed by atoms with Gasteiger partial charge in [-0.15, -0.1) is 11.3 Å². The SMILES string of the molecule is CC(C)[C@@H](NC(=O)CC1CCN(S(=O)(=O)c2ccccc2)CC1)c1cccs1. The van der Waals surface area contributed by atoms with Gasteiger partial charge in [0.25, 0.3) is 0 Å². The van der Waals surface area contributed by atoms with Crippen molar-refractivity contribution in [2.24, 2.45) is 11.8 Å². The van der Waals surface area contributed by atoms with Gasteiger partial charge in [-0.1, -0.05) is 38.1 Å². The highest BCUT2D eigenvalue weighted by Crippen LogP contribution is 2.28. The van der Waals surface area contributed by atoms with Gasteiger partial charge >= 0.3 is 0 Å². The number of hydrogen-bond donors (Lipinski definition) is 1. The van der Waals surface area contributed by atoms with E-state index >= 15 is 0 Å². The first-order valence-corrected chi connectivity index (χ1v) is 12.1. The van der Waals surface area contributed by atoms with E-state index in [1.807, 2.05) is 17.5 Å². The monoisotopic (exact) mass is 420 g/mol. The Morgan fingerprint density at radius 1 is 1.14 bits per heavy atom. The molecule has 1 amide bonds. The summed E-state index contributed by atoms with van der Waals surface area (Å²) in [5, 5.41) is 5.20. The lowest BCUT2D eigenvalue weighted by molar-refractivity contribution is -0.123. The molecule has 5 nitrogen and oxygen atoms in total. The molecule has 1 N–H and O–H groups in total. The highest BCUT2D eigenvalue weighted by atomic mass is 32.2. The summed E-state index contributed by atoms with van der Waals surface area (Å²) in [6.45, 7) is 5.15. The number of rotatable bonds is 7. The number of benzene rings is 1. The van der Waals surface area contributed by atoms with Gasteiger partial charge in [0, 0.05) is 24.4 Å². The summed E-state index contributed by atoms with van der Waals surface area (Å²) in [4.78, 5) is 14.1. The maximum absolute atomic E-state index is 12.7. The van der Waals surface area contributed by atoms with Crippen molar-refractivity contribution in [1.82, 2.24) is 9.62 Å².